The predicted molar refractivity (Wildman–Crippen MR) is 125 cm³/mol. The number of amides is 3. The van der Waals surface area contributed by atoms with E-state index in [0.29, 0.717) is 17.0 Å². The molecule has 10 heteroatoms. The smallest absolute Gasteiger partial charge is 0.294 e. The Balaban J connectivity index is 1.70. The van der Waals surface area contributed by atoms with Gasteiger partial charge in [0.25, 0.3) is 11.1 Å². The number of methoxy groups -OCH3 is 1. The first kappa shape index (κ1) is 23.5. The number of nitrogens with one attached hydrogen (secondary N) is 1. The van der Waals surface area contributed by atoms with E-state index in [0.717, 1.165) is 16.7 Å². The number of ether oxygens (including phenoxy) is 2. The third-order valence-corrected chi connectivity index (χ3v) is 5.64. The van der Waals surface area contributed by atoms with Gasteiger partial charge in [-0.15, -0.1) is 6.42 Å². The third-order valence-electron chi connectivity index (χ3n) is 4.17. The molecular formula is C22H16Cl2N2O5S. The number of hydrogen-bond acceptors (Lipinski definition) is 6. The van der Waals surface area contributed by atoms with Gasteiger partial charge in [-0.3, -0.25) is 19.3 Å². The highest BCUT2D eigenvalue weighted by Crippen LogP contribution is 2.37. The van der Waals surface area contributed by atoms with Crippen LogP contribution in [0.5, 0.6) is 11.5 Å². The van der Waals surface area contributed by atoms with E-state index in [1.54, 1.807) is 24.3 Å². The highest BCUT2D eigenvalue weighted by atomic mass is 35.5. The fraction of sp³-hybridized carbons (Fsp3) is 0.136. The number of carbonyl (C=O) groups excluding carboxylic acids is 3. The minimum atomic E-state index is -0.593. The lowest BCUT2D eigenvalue weighted by Crippen LogP contribution is -2.36. The van der Waals surface area contributed by atoms with Crippen LogP contribution in [0, 0.1) is 12.3 Å². The van der Waals surface area contributed by atoms with Crippen LogP contribution >= 0.6 is 35.0 Å². The van der Waals surface area contributed by atoms with E-state index in [4.69, 9.17) is 39.1 Å². The summed E-state index contributed by atoms with van der Waals surface area (Å²) in [6.45, 7) is -0.426. The second kappa shape index (κ2) is 10.5. The van der Waals surface area contributed by atoms with Crippen molar-refractivity contribution in [2.75, 3.05) is 25.6 Å². The summed E-state index contributed by atoms with van der Waals surface area (Å²) in [5.41, 5.74) is 0.996. The summed E-state index contributed by atoms with van der Waals surface area (Å²) >= 11 is 13.1. The molecule has 1 N–H and O–H groups in total. The van der Waals surface area contributed by atoms with Gasteiger partial charge in [-0.25, -0.2) is 0 Å². The van der Waals surface area contributed by atoms with Gasteiger partial charge in [0.1, 0.15) is 18.9 Å². The number of benzene rings is 2. The molecule has 3 rings (SSSR count). The van der Waals surface area contributed by atoms with Crippen LogP contribution < -0.4 is 14.8 Å². The molecule has 1 fully saturated rings. The van der Waals surface area contributed by atoms with Gasteiger partial charge in [-0.05, 0) is 59.8 Å². The first-order valence-corrected chi connectivity index (χ1v) is 10.6. The van der Waals surface area contributed by atoms with Gasteiger partial charge in [0.2, 0.25) is 5.91 Å². The Morgan fingerprint density at radius 2 is 1.88 bits per heavy atom. The van der Waals surface area contributed by atoms with Crippen molar-refractivity contribution in [2.24, 2.45) is 0 Å². The van der Waals surface area contributed by atoms with Crippen LogP contribution in [0.15, 0.2) is 41.3 Å². The molecule has 164 valence electrons. The summed E-state index contributed by atoms with van der Waals surface area (Å²) in [6, 6.07) is 9.71. The molecule has 0 spiro atoms. The van der Waals surface area contributed by atoms with Crippen molar-refractivity contribution in [2.45, 2.75) is 0 Å². The Morgan fingerprint density at radius 3 is 2.47 bits per heavy atom. The standard InChI is InChI=1S/C22H16Cl2N2O5S/c1-3-8-31-20-16(23)9-13(10-17(20)24)11-18-21(28)26(22(29)32-18)12-19(27)25-14-4-6-15(30-2)7-5-14/h1,4-7,9-11H,8,12H2,2H3,(H,25,27)/b18-11+. The minimum absolute atomic E-state index is 0.00371. The number of carbonyl (C=O) groups is 3. The SMILES string of the molecule is C#CCOc1c(Cl)cc(/C=C2/SC(=O)N(CC(=O)Nc3ccc(OC)cc3)C2=O)cc1Cl. The number of nitrogens with zero attached hydrogens (tertiary/aromatic N) is 1. The lowest BCUT2D eigenvalue weighted by atomic mass is 10.2. The van der Waals surface area contributed by atoms with Crippen LogP contribution in [0.1, 0.15) is 5.56 Å². The van der Waals surface area contributed by atoms with Crippen LogP contribution in [-0.4, -0.2) is 42.2 Å². The van der Waals surface area contributed by atoms with E-state index in [-0.39, 0.29) is 27.3 Å². The topological polar surface area (TPSA) is 84.9 Å². The molecule has 2 aromatic rings. The van der Waals surface area contributed by atoms with Crippen molar-refractivity contribution in [3.8, 4) is 23.8 Å². The van der Waals surface area contributed by atoms with Crippen molar-refractivity contribution in [3.63, 3.8) is 0 Å². The molecule has 0 aromatic heterocycles. The predicted octanol–water partition coefficient (Wildman–Crippen LogP) is 4.69. The number of imide groups is 1. The first-order chi connectivity index (χ1) is 15.3. The molecule has 3 amide bonds. The Morgan fingerprint density at radius 1 is 1.22 bits per heavy atom. The largest absolute Gasteiger partial charge is 0.497 e. The maximum Gasteiger partial charge on any atom is 0.294 e. The first-order valence-electron chi connectivity index (χ1n) is 9.07. The Hall–Kier alpha value is -3.12. The average Bonchev–Trinajstić information content (AvgIpc) is 3.01. The molecule has 0 atom stereocenters. The maximum atomic E-state index is 12.7. The highest BCUT2D eigenvalue weighted by Gasteiger charge is 2.36. The number of terminal acetylenes is 1. The quantitative estimate of drug-likeness (QED) is 0.447. The molecule has 1 aliphatic heterocycles. The van der Waals surface area contributed by atoms with Gasteiger partial charge >= 0.3 is 0 Å². The zero-order chi connectivity index (χ0) is 23.3. The fourth-order valence-electron chi connectivity index (χ4n) is 2.72. The van der Waals surface area contributed by atoms with E-state index in [1.807, 2.05) is 0 Å². The van der Waals surface area contributed by atoms with Crippen LogP contribution in [0.4, 0.5) is 10.5 Å². The second-order valence-electron chi connectivity index (χ2n) is 6.35. The molecule has 0 unspecified atom stereocenters. The number of thioether (sulfide) groups is 1. The lowest BCUT2D eigenvalue weighted by molar-refractivity contribution is -0.127. The van der Waals surface area contributed by atoms with Crippen LogP contribution in [0.25, 0.3) is 6.08 Å². The zero-order valence-electron chi connectivity index (χ0n) is 16.7. The molecule has 1 heterocycles. The summed E-state index contributed by atoms with van der Waals surface area (Å²) in [6.07, 6.45) is 6.63. The summed E-state index contributed by atoms with van der Waals surface area (Å²) < 4.78 is 10.4. The van der Waals surface area contributed by atoms with E-state index in [2.05, 4.69) is 11.2 Å². The summed E-state index contributed by atoms with van der Waals surface area (Å²) in [4.78, 5) is 38.3. The Kier molecular flexibility index (Phi) is 7.70. The molecule has 2 aromatic carbocycles. The maximum absolute atomic E-state index is 12.7. The van der Waals surface area contributed by atoms with Gasteiger partial charge in [0.15, 0.2) is 5.75 Å². The zero-order valence-corrected chi connectivity index (χ0v) is 19.0. The average molecular weight is 491 g/mol. The van der Waals surface area contributed by atoms with E-state index < -0.39 is 23.6 Å². The second-order valence-corrected chi connectivity index (χ2v) is 8.16. The fourth-order valence-corrected chi connectivity index (χ4v) is 4.17. The summed E-state index contributed by atoms with van der Waals surface area (Å²) in [5.74, 6) is 2.07. The lowest BCUT2D eigenvalue weighted by Gasteiger charge is -2.12. The summed E-state index contributed by atoms with van der Waals surface area (Å²) in [5, 5.41) is 2.48. The summed E-state index contributed by atoms with van der Waals surface area (Å²) in [7, 11) is 1.53. The number of anilines is 1. The van der Waals surface area contributed by atoms with Crippen molar-refractivity contribution in [1.29, 1.82) is 0 Å². The number of halogens is 2. The van der Waals surface area contributed by atoms with Gasteiger partial charge in [0, 0.05) is 5.69 Å². The molecule has 0 bridgehead atoms. The molecule has 7 nitrogen and oxygen atoms in total. The number of hydrogen-bond donors (Lipinski definition) is 1. The van der Waals surface area contributed by atoms with Crippen LogP contribution in [-0.2, 0) is 9.59 Å². The van der Waals surface area contributed by atoms with E-state index in [9.17, 15) is 14.4 Å². The van der Waals surface area contributed by atoms with E-state index >= 15 is 0 Å². The van der Waals surface area contributed by atoms with Crippen molar-refractivity contribution >= 4 is 63.8 Å². The Bertz CT molecular complexity index is 1120. The molecule has 1 saturated heterocycles. The molecule has 0 aliphatic carbocycles. The van der Waals surface area contributed by atoms with Crippen molar-refractivity contribution < 1.29 is 23.9 Å². The van der Waals surface area contributed by atoms with Crippen LogP contribution in [0.2, 0.25) is 10.0 Å². The van der Waals surface area contributed by atoms with E-state index in [1.165, 1.54) is 25.3 Å². The normalized spacial score (nSPS) is 14.4. The highest BCUT2D eigenvalue weighted by molar-refractivity contribution is 8.18. The molecule has 1 aliphatic rings. The van der Waals surface area contributed by atoms with Crippen LogP contribution in [0.3, 0.4) is 0 Å². The van der Waals surface area contributed by atoms with Gasteiger partial charge in [-0.1, -0.05) is 29.1 Å². The minimum Gasteiger partial charge on any atom is -0.497 e. The molecule has 0 saturated carbocycles. The molecular weight excluding hydrogens is 475 g/mol. The monoisotopic (exact) mass is 490 g/mol. The van der Waals surface area contributed by atoms with Crippen molar-refractivity contribution in [1.82, 2.24) is 4.90 Å². The third kappa shape index (κ3) is 5.56. The number of rotatable bonds is 7. The molecule has 0 radical (unpaired) electrons. The van der Waals surface area contributed by atoms with Crippen molar-refractivity contribution in [3.05, 3.63) is 56.9 Å². The van der Waals surface area contributed by atoms with Gasteiger partial charge in [-0.2, -0.15) is 0 Å². The Labute approximate surface area is 198 Å². The van der Waals surface area contributed by atoms with Gasteiger partial charge in [0.05, 0.1) is 22.1 Å². The van der Waals surface area contributed by atoms with Gasteiger partial charge < -0.3 is 14.8 Å². The molecule has 32 heavy (non-hydrogen) atoms.